The highest BCUT2D eigenvalue weighted by Gasteiger charge is 2.33. The maximum absolute atomic E-state index is 8.36. The smallest absolute Gasteiger partial charge is 0.290 e. The number of hydrogen-bond donors (Lipinski definition) is 1. The average molecular weight is 389 g/mol. The monoisotopic (exact) mass is 389 g/mol. The van der Waals surface area contributed by atoms with Gasteiger partial charge in [-0.15, -0.1) is 11.3 Å². The van der Waals surface area contributed by atoms with E-state index in [1.54, 1.807) is 18.4 Å². The molecule has 1 saturated heterocycles. The van der Waals surface area contributed by atoms with Crippen molar-refractivity contribution >= 4 is 28.0 Å². The van der Waals surface area contributed by atoms with E-state index in [0.29, 0.717) is 5.92 Å². The van der Waals surface area contributed by atoms with Crippen molar-refractivity contribution in [1.29, 1.82) is 0 Å². The molecule has 0 saturated carbocycles. The van der Waals surface area contributed by atoms with Crippen LogP contribution in [-0.2, 0) is 22.5 Å². The van der Waals surface area contributed by atoms with Crippen molar-refractivity contribution < 1.29 is 19.2 Å². The first kappa shape index (κ1) is 19.5. The number of thiazole rings is 1. The molecule has 0 radical (unpaired) electrons. The minimum absolute atomic E-state index is 0.232. The number of aryl methyl sites for hydroxylation is 1. The van der Waals surface area contributed by atoms with Crippen molar-refractivity contribution in [3.8, 4) is 0 Å². The average Bonchev–Trinajstić information content (AvgIpc) is 3.36. The van der Waals surface area contributed by atoms with Gasteiger partial charge in [-0.25, -0.2) is 4.98 Å². The molecule has 144 valence electrons. The lowest BCUT2D eigenvalue weighted by molar-refractivity contribution is -0.122. The van der Waals surface area contributed by atoms with Crippen LogP contribution in [0.1, 0.15) is 17.0 Å². The molecule has 1 N–H and O–H groups in total. The van der Waals surface area contributed by atoms with E-state index in [2.05, 4.69) is 33.2 Å². The summed E-state index contributed by atoms with van der Waals surface area (Å²) in [6.45, 7) is 4.60. The molecule has 0 unspecified atom stereocenters. The Balaban J connectivity index is 0.000000659. The molecule has 27 heavy (non-hydrogen) atoms. The number of carbonyl (C=O) groups is 1. The second-order valence-electron chi connectivity index (χ2n) is 6.59. The third-order valence-electron chi connectivity index (χ3n) is 4.73. The summed E-state index contributed by atoms with van der Waals surface area (Å²) in [5.41, 5.74) is 5.30. The molecule has 7 nitrogen and oxygen atoms in total. The van der Waals surface area contributed by atoms with Gasteiger partial charge in [-0.05, 0) is 18.6 Å². The molecule has 1 aromatic carbocycles. The lowest BCUT2D eigenvalue weighted by Gasteiger charge is -2.15. The summed E-state index contributed by atoms with van der Waals surface area (Å²) < 4.78 is 12.4. The van der Waals surface area contributed by atoms with Crippen molar-refractivity contribution in [3.05, 3.63) is 46.8 Å². The lowest BCUT2D eigenvalue weighted by atomic mass is 10.0. The third kappa shape index (κ3) is 4.71. The zero-order valence-corrected chi connectivity index (χ0v) is 16.2. The largest absolute Gasteiger partial charge is 0.483 e. The van der Waals surface area contributed by atoms with Crippen LogP contribution in [-0.4, -0.2) is 52.9 Å². The van der Waals surface area contributed by atoms with Gasteiger partial charge in [0.15, 0.2) is 0 Å². The zero-order chi connectivity index (χ0) is 19.2. The van der Waals surface area contributed by atoms with Crippen molar-refractivity contribution in [3.63, 3.8) is 0 Å². The number of carboxylic acid groups (broad SMARTS) is 1. The van der Waals surface area contributed by atoms with Gasteiger partial charge in [-0.1, -0.05) is 17.3 Å². The van der Waals surface area contributed by atoms with Gasteiger partial charge in [-0.3, -0.25) is 9.69 Å². The molecule has 2 atom stereocenters. The Kier molecular flexibility index (Phi) is 6.54. The van der Waals surface area contributed by atoms with Crippen molar-refractivity contribution in [2.24, 2.45) is 5.92 Å². The van der Waals surface area contributed by atoms with E-state index in [1.807, 2.05) is 18.5 Å². The van der Waals surface area contributed by atoms with Crippen LogP contribution in [0.4, 0.5) is 0 Å². The van der Waals surface area contributed by atoms with E-state index in [0.717, 1.165) is 43.0 Å². The molecule has 1 fully saturated rings. The van der Waals surface area contributed by atoms with E-state index in [9.17, 15) is 0 Å². The number of fused-ring (bicyclic) bond motifs is 1. The fourth-order valence-electron chi connectivity index (χ4n) is 3.60. The summed E-state index contributed by atoms with van der Waals surface area (Å²) in [6, 6.07) is 8.39. The molecule has 1 aliphatic heterocycles. The molecule has 3 heterocycles. The number of methoxy groups -OCH3 is 1. The van der Waals surface area contributed by atoms with Crippen LogP contribution in [0.25, 0.3) is 10.2 Å². The number of ether oxygens (including phenoxy) is 1. The Labute approximate surface area is 161 Å². The Morgan fingerprint density at radius 1 is 1.44 bits per heavy atom. The normalized spacial score (nSPS) is 19.8. The maximum atomic E-state index is 8.36. The number of hydrogen-bond acceptors (Lipinski definition) is 7. The Bertz CT molecular complexity index is 879. The van der Waals surface area contributed by atoms with Gasteiger partial charge >= 0.3 is 0 Å². The van der Waals surface area contributed by atoms with Gasteiger partial charge in [-0.2, -0.15) is 0 Å². The van der Waals surface area contributed by atoms with Gasteiger partial charge in [0.05, 0.1) is 27.5 Å². The molecule has 3 aromatic rings. The van der Waals surface area contributed by atoms with Gasteiger partial charge in [0.2, 0.25) is 0 Å². The first-order chi connectivity index (χ1) is 13.1. The van der Waals surface area contributed by atoms with E-state index < -0.39 is 0 Å². The molecule has 0 aliphatic carbocycles. The van der Waals surface area contributed by atoms with Crippen LogP contribution in [0.2, 0.25) is 0 Å². The van der Waals surface area contributed by atoms with Crippen LogP contribution in [0.15, 0.2) is 34.3 Å². The van der Waals surface area contributed by atoms with Crippen molar-refractivity contribution in [2.45, 2.75) is 26.0 Å². The molecular formula is C19H23N3O4S. The first-order valence-electron chi connectivity index (χ1n) is 8.71. The maximum Gasteiger partial charge on any atom is 0.290 e. The fourth-order valence-corrected chi connectivity index (χ4v) is 4.40. The third-order valence-corrected chi connectivity index (χ3v) is 5.65. The predicted molar refractivity (Wildman–Crippen MR) is 103 cm³/mol. The van der Waals surface area contributed by atoms with Crippen molar-refractivity contribution in [2.75, 3.05) is 20.2 Å². The molecule has 1 aliphatic rings. The van der Waals surface area contributed by atoms with Gasteiger partial charge in [0.1, 0.15) is 5.76 Å². The highest BCUT2D eigenvalue weighted by Crippen LogP contribution is 2.28. The Morgan fingerprint density at radius 2 is 2.26 bits per heavy atom. The van der Waals surface area contributed by atoms with E-state index in [4.69, 9.17) is 19.2 Å². The Morgan fingerprint density at radius 3 is 2.96 bits per heavy atom. The molecule has 0 spiro atoms. The number of nitrogens with zero attached hydrogens (tertiary/aromatic N) is 3. The van der Waals surface area contributed by atoms with Crippen LogP contribution < -0.4 is 0 Å². The highest BCUT2D eigenvalue weighted by atomic mass is 32.1. The van der Waals surface area contributed by atoms with Gasteiger partial charge < -0.3 is 14.4 Å². The summed E-state index contributed by atoms with van der Waals surface area (Å²) in [5.74, 6) is 1.38. The highest BCUT2D eigenvalue weighted by molar-refractivity contribution is 7.16. The number of rotatable bonds is 5. The number of likely N-dealkylation sites (tertiary alicyclic amines) is 1. The summed E-state index contributed by atoms with van der Waals surface area (Å²) in [5, 5.41) is 10.9. The molecule has 0 bridgehead atoms. The first-order valence-corrected chi connectivity index (χ1v) is 9.58. The number of aromatic nitrogens is 2. The zero-order valence-electron chi connectivity index (χ0n) is 15.4. The molecule has 2 aromatic heterocycles. The fraction of sp³-hybridized carbons (Fsp3) is 0.421. The van der Waals surface area contributed by atoms with Gasteiger partial charge in [0, 0.05) is 45.1 Å². The minimum Gasteiger partial charge on any atom is -0.483 e. The topological polar surface area (TPSA) is 88.7 Å². The second-order valence-corrected chi connectivity index (χ2v) is 7.44. The van der Waals surface area contributed by atoms with E-state index in [-0.39, 0.29) is 12.6 Å². The molecule has 8 heteroatoms. The lowest BCUT2D eigenvalue weighted by Crippen LogP contribution is -2.23. The van der Waals surface area contributed by atoms with Crippen LogP contribution in [0, 0.1) is 12.8 Å². The predicted octanol–water partition coefficient (Wildman–Crippen LogP) is 2.98. The molecule has 0 amide bonds. The number of benzene rings is 1. The standard InChI is InChI=1S/C18H21N3O2S.CH2O2/c1-12-6-15(23-20-12)7-14-9-21(10-17(14)22-2)8-13-4-3-5-16-18(13)24-11-19-16;2-1-3/h3-6,11,14,17H,7-10H2,1-2H3;1H,(H,2,3)/t14-,17-;/m1./s1. The molecular weight excluding hydrogens is 366 g/mol. The van der Waals surface area contributed by atoms with Crippen molar-refractivity contribution in [1.82, 2.24) is 15.0 Å². The summed E-state index contributed by atoms with van der Waals surface area (Å²) in [6.07, 6.45) is 1.11. The van der Waals surface area contributed by atoms with Crippen LogP contribution in [0.3, 0.4) is 0 Å². The summed E-state index contributed by atoms with van der Waals surface area (Å²) >= 11 is 1.72. The minimum atomic E-state index is -0.250. The van der Waals surface area contributed by atoms with Gasteiger partial charge in [0.25, 0.3) is 6.47 Å². The summed E-state index contributed by atoms with van der Waals surface area (Å²) in [7, 11) is 1.80. The SMILES string of the molecule is CO[C@@H]1CN(Cc2cccc3ncsc23)C[C@H]1Cc1cc(C)no1.O=CO. The second kappa shape index (κ2) is 9.07. The van der Waals surface area contributed by atoms with Crippen LogP contribution in [0.5, 0.6) is 0 Å². The molecule has 4 rings (SSSR count). The van der Waals surface area contributed by atoms with E-state index >= 15 is 0 Å². The Hall–Kier alpha value is -2.29. The van der Waals surface area contributed by atoms with Crippen LogP contribution >= 0.6 is 11.3 Å². The van der Waals surface area contributed by atoms with E-state index in [1.165, 1.54) is 10.3 Å². The quantitative estimate of drug-likeness (QED) is 0.671. The summed E-state index contributed by atoms with van der Waals surface area (Å²) in [4.78, 5) is 15.2.